The minimum Gasteiger partial charge on any atom is -0.487 e. The highest BCUT2D eigenvalue weighted by Gasteiger charge is 2.28. The molecule has 32 heavy (non-hydrogen) atoms. The molecule has 0 unspecified atom stereocenters. The molecule has 0 aliphatic heterocycles. The van der Waals surface area contributed by atoms with Crippen LogP contribution in [0.25, 0.3) is 5.57 Å². The summed E-state index contributed by atoms with van der Waals surface area (Å²) in [5, 5.41) is 8.82. The summed E-state index contributed by atoms with van der Waals surface area (Å²) in [6.07, 6.45) is 1.67. The van der Waals surface area contributed by atoms with Crippen LogP contribution in [-0.4, -0.2) is 24.1 Å². The van der Waals surface area contributed by atoms with E-state index >= 15 is 4.39 Å². The van der Waals surface area contributed by atoms with Gasteiger partial charge in [0.1, 0.15) is 18.2 Å². The van der Waals surface area contributed by atoms with Crippen molar-refractivity contribution in [2.45, 2.75) is 79.1 Å². The number of halogens is 3. The summed E-state index contributed by atoms with van der Waals surface area (Å²) >= 11 is 0. The van der Waals surface area contributed by atoms with Gasteiger partial charge in [-0.05, 0) is 60.0 Å². The zero-order valence-electron chi connectivity index (χ0n) is 20.3. The van der Waals surface area contributed by atoms with Crippen molar-refractivity contribution < 1.29 is 27.8 Å². The largest absolute Gasteiger partial charge is 0.487 e. The van der Waals surface area contributed by atoms with Crippen molar-refractivity contribution in [2.75, 3.05) is 6.61 Å². The van der Waals surface area contributed by atoms with Crippen molar-refractivity contribution >= 4 is 11.5 Å². The Morgan fingerprint density at radius 1 is 1.12 bits per heavy atom. The first-order chi connectivity index (χ1) is 14.6. The number of hydrogen-bond acceptors (Lipinski definition) is 2. The van der Waals surface area contributed by atoms with Crippen LogP contribution in [0, 0.1) is 0 Å². The Balaban J connectivity index is 3.82. The van der Waals surface area contributed by atoms with E-state index in [4.69, 9.17) is 9.84 Å². The topological polar surface area (TPSA) is 46.5 Å². The second-order valence-corrected chi connectivity index (χ2v) is 9.62. The predicted molar refractivity (Wildman–Crippen MR) is 124 cm³/mol. The molecule has 1 aromatic carbocycles. The van der Waals surface area contributed by atoms with Crippen LogP contribution in [0.15, 0.2) is 41.8 Å². The van der Waals surface area contributed by atoms with E-state index in [-0.39, 0.29) is 16.7 Å². The average molecular weight is 453 g/mol. The van der Waals surface area contributed by atoms with Gasteiger partial charge < -0.3 is 9.84 Å². The van der Waals surface area contributed by atoms with Gasteiger partial charge in [0.2, 0.25) is 0 Å². The predicted octanol–water partition coefficient (Wildman–Crippen LogP) is 7.60. The minimum atomic E-state index is -2.67. The molecule has 0 aromatic heterocycles. The van der Waals surface area contributed by atoms with E-state index in [2.05, 4.69) is 20.8 Å². The number of hydrogen-bond donors (Lipinski definition) is 1. The van der Waals surface area contributed by atoms with Crippen molar-refractivity contribution in [2.24, 2.45) is 0 Å². The van der Waals surface area contributed by atoms with Crippen molar-refractivity contribution in [3.8, 4) is 5.75 Å². The van der Waals surface area contributed by atoms with Gasteiger partial charge in [-0.3, -0.25) is 0 Å². The van der Waals surface area contributed by atoms with Crippen molar-refractivity contribution in [1.29, 1.82) is 0 Å². The van der Waals surface area contributed by atoms with Gasteiger partial charge in [0.05, 0.1) is 0 Å². The Morgan fingerprint density at radius 3 is 2.19 bits per heavy atom. The van der Waals surface area contributed by atoms with Gasteiger partial charge in [-0.25, -0.2) is 18.0 Å². The highest BCUT2D eigenvalue weighted by atomic mass is 19.3. The molecule has 0 saturated carbocycles. The van der Waals surface area contributed by atoms with Gasteiger partial charge in [-0.2, -0.15) is 0 Å². The molecule has 0 atom stereocenters. The Kier molecular flexibility index (Phi) is 9.37. The van der Waals surface area contributed by atoms with E-state index < -0.39 is 30.2 Å². The Bertz CT molecular complexity index is 917. The van der Waals surface area contributed by atoms with Gasteiger partial charge in [0.15, 0.2) is 0 Å². The third-order valence-electron chi connectivity index (χ3n) is 5.52. The molecule has 0 aliphatic rings. The lowest BCUT2D eigenvalue weighted by molar-refractivity contribution is -0.131. The quantitative estimate of drug-likeness (QED) is 0.310. The molecule has 0 radical (unpaired) electrons. The van der Waals surface area contributed by atoms with Crippen molar-refractivity contribution in [3.05, 3.63) is 58.5 Å². The Morgan fingerprint density at radius 2 is 1.72 bits per heavy atom. The lowest BCUT2D eigenvalue weighted by atomic mass is 9.76. The highest BCUT2D eigenvalue weighted by Crippen LogP contribution is 2.42. The summed E-state index contributed by atoms with van der Waals surface area (Å²) in [5.74, 6) is -1.48. The fraction of sp³-hybridized carbons (Fsp3) is 0.500. The molecule has 0 amide bonds. The first-order valence-electron chi connectivity index (χ1n) is 10.7. The van der Waals surface area contributed by atoms with E-state index in [0.29, 0.717) is 11.1 Å². The number of allylic oxidation sites excluding steroid dienone is 5. The normalized spacial score (nSPS) is 14.2. The molecule has 0 saturated heterocycles. The van der Waals surface area contributed by atoms with E-state index in [0.717, 1.165) is 23.6 Å². The van der Waals surface area contributed by atoms with Crippen molar-refractivity contribution in [1.82, 2.24) is 0 Å². The average Bonchev–Trinajstić information content (AvgIpc) is 2.67. The summed E-state index contributed by atoms with van der Waals surface area (Å²) in [7, 11) is 0. The summed E-state index contributed by atoms with van der Waals surface area (Å²) < 4.78 is 46.7. The van der Waals surface area contributed by atoms with Crippen LogP contribution < -0.4 is 4.74 Å². The summed E-state index contributed by atoms with van der Waals surface area (Å²) in [4.78, 5) is 10.8. The molecule has 178 valence electrons. The molecule has 0 aliphatic carbocycles. The maximum atomic E-state index is 15.1. The van der Waals surface area contributed by atoms with Gasteiger partial charge in [-0.15, -0.1) is 0 Å². The summed E-state index contributed by atoms with van der Waals surface area (Å²) in [6.45, 7) is 14.4. The van der Waals surface area contributed by atoms with Crippen LogP contribution in [0.4, 0.5) is 13.2 Å². The molecule has 6 heteroatoms. The van der Waals surface area contributed by atoms with Crippen LogP contribution in [0.2, 0.25) is 0 Å². The molecular formula is C26H35F3O3. The molecule has 3 nitrogen and oxygen atoms in total. The number of carboxylic acids is 1. The number of rotatable bonds is 9. The third-order valence-corrected chi connectivity index (χ3v) is 5.52. The van der Waals surface area contributed by atoms with Crippen molar-refractivity contribution in [3.63, 3.8) is 0 Å². The van der Waals surface area contributed by atoms with Crippen LogP contribution in [-0.2, 0) is 15.6 Å². The number of benzene rings is 1. The smallest absolute Gasteiger partial charge is 0.328 e. The molecule has 0 spiro atoms. The molecule has 0 bridgehead atoms. The highest BCUT2D eigenvalue weighted by molar-refractivity contribution is 5.81. The fourth-order valence-corrected chi connectivity index (χ4v) is 3.06. The number of carbonyl (C=O) groups is 1. The van der Waals surface area contributed by atoms with E-state index in [9.17, 15) is 13.6 Å². The SMILES string of the molecule is CCC(C)(C)c1cc(C(C)=C(F)C=CC(C)=CC(=O)O)c(OCC(F)F)c(C(C)(C)C)c1. The summed E-state index contributed by atoms with van der Waals surface area (Å²) in [5.41, 5.74) is 2.05. The minimum absolute atomic E-state index is 0.219. The van der Waals surface area contributed by atoms with Gasteiger partial charge in [0.25, 0.3) is 6.43 Å². The fourth-order valence-electron chi connectivity index (χ4n) is 3.06. The number of aliphatic carboxylic acids is 1. The Hall–Kier alpha value is -2.50. The molecule has 1 aromatic rings. The molecule has 1 rings (SSSR count). The zero-order valence-corrected chi connectivity index (χ0v) is 20.3. The third kappa shape index (κ3) is 7.57. The number of ether oxygens (including phenoxy) is 1. The molecule has 0 heterocycles. The van der Waals surface area contributed by atoms with Crippen LogP contribution in [0.1, 0.15) is 78.5 Å². The lowest BCUT2D eigenvalue weighted by Gasteiger charge is -2.31. The lowest BCUT2D eigenvalue weighted by Crippen LogP contribution is -2.21. The Labute approximate surface area is 189 Å². The number of alkyl halides is 2. The van der Waals surface area contributed by atoms with E-state index in [1.54, 1.807) is 13.8 Å². The second kappa shape index (κ2) is 10.9. The molecular weight excluding hydrogens is 417 g/mol. The maximum Gasteiger partial charge on any atom is 0.328 e. The van der Waals surface area contributed by atoms with Crippen LogP contribution >= 0.6 is 0 Å². The van der Waals surface area contributed by atoms with Gasteiger partial charge in [-0.1, -0.05) is 53.7 Å². The zero-order chi connectivity index (χ0) is 24.9. The second-order valence-electron chi connectivity index (χ2n) is 9.62. The van der Waals surface area contributed by atoms with Crippen LogP contribution in [0.3, 0.4) is 0 Å². The first kappa shape index (κ1) is 27.5. The molecule has 1 N–H and O–H groups in total. The standard InChI is InChI=1S/C26H35F3O3/c1-9-26(7,8)18-13-19(17(3)21(27)11-10-16(2)12-23(30)31)24(32-15-22(28)29)20(14-18)25(4,5)6/h10-14,22H,9,15H2,1-8H3,(H,30,31). The van der Waals surface area contributed by atoms with E-state index in [1.165, 1.54) is 12.2 Å². The monoisotopic (exact) mass is 452 g/mol. The summed E-state index contributed by atoms with van der Waals surface area (Å²) in [6, 6.07) is 3.77. The van der Waals surface area contributed by atoms with Gasteiger partial charge in [0, 0.05) is 17.2 Å². The first-order valence-corrected chi connectivity index (χ1v) is 10.7. The van der Waals surface area contributed by atoms with Gasteiger partial charge >= 0.3 is 5.97 Å². The molecule has 0 fully saturated rings. The van der Waals surface area contributed by atoms with E-state index in [1.807, 2.05) is 32.9 Å². The van der Waals surface area contributed by atoms with Crippen LogP contribution in [0.5, 0.6) is 5.75 Å². The maximum absolute atomic E-state index is 15.1. The number of carboxylic acid groups (broad SMARTS) is 1.